The van der Waals surface area contributed by atoms with Crippen molar-refractivity contribution in [2.24, 2.45) is 4.99 Å². The first kappa shape index (κ1) is 21.9. The Balaban J connectivity index is 1.64. The van der Waals surface area contributed by atoms with Crippen LogP contribution in [0.3, 0.4) is 0 Å². The lowest BCUT2D eigenvalue weighted by atomic mass is 9.95. The van der Waals surface area contributed by atoms with Gasteiger partial charge in [0.05, 0.1) is 11.4 Å². The molecule has 4 nitrogen and oxygen atoms in total. The highest BCUT2D eigenvalue weighted by atomic mass is 35.5. The summed E-state index contributed by atoms with van der Waals surface area (Å²) in [7, 11) is 1.78. The molecule has 0 aliphatic carbocycles. The zero-order chi connectivity index (χ0) is 23.7. The van der Waals surface area contributed by atoms with Crippen molar-refractivity contribution in [3.8, 4) is 16.9 Å². The van der Waals surface area contributed by atoms with Crippen LogP contribution in [0.2, 0.25) is 5.02 Å². The molecule has 1 unspecified atom stereocenters. The minimum absolute atomic E-state index is 0.0831. The number of hydrogen-bond donors (Lipinski definition) is 1. The molecule has 0 spiro atoms. The molecule has 0 radical (unpaired) electrons. The van der Waals surface area contributed by atoms with Gasteiger partial charge in [-0.2, -0.15) is 0 Å². The van der Waals surface area contributed by atoms with E-state index in [4.69, 9.17) is 16.6 Å². The number of phenols is 1. The van der Waals surface area contributed by atoms with Crippen LogP contribution in [0.15, 0.2) is 102 Å². The van der Waals surface area contributed by atoms with Crippen LogP contribution in [0.25, 0.3) is 11.1 Å². The van der Waals surface area contributed by atoms with Gasteiger partial charge in [0.1, 0.15) is 11.8 Å². The second kappa shape index (κ2) is 9.16. The van der Waals surface area contributed by atoms with Gasteiger partial charge < -0.3 is 10.0 Å². The van der Waals surface area contributed by atoms with Crippen molar-refractivity contribution in [1.82, 2.24) is 0 Å². The molecule has 0 bridgehead atoms. The molecule has 4 aromatic rings. The fourth-order valence-electron chi connectivity index (χ4n) is 4.40. The Labute approximate surface area is 203 Å². The Bertz CT molecular complexity index is 1380. The highest BCUT2D eigenvalue weighted by molar-refractivity contribution is 6.32. The Morgan fingerprint density at radius 3 is 2.32 bits per heavy atom. The highest BCUT2D eigenvalue weighted by Crippen LogP contribution is 2.32. The lowest BCUT2D eigenvalue weighted by molar-refractivity contribution is -0.119. The van der Waals surface area contributed by atoms with Crippen LogP contribution in [0.4, 0.5) is 5.69 Å². The van der Waals surface area contributed by atoms with E-state index in [0.717, 1.165) is 33.5 Å². The fraction of sp³-hybridized carbons (Fsp3) is 0.103. The number of likely N-dealkylation sites (N-methyl/N-ethyl adjacent to an activating group) is 1. The van der Waals surface area contributed by atoms with Crippen molar-refractivity contribution in [1.29, 1.82) is 0 Å². The molecule has 1 heterocycles. The first-order valence-electron chi connectivity index (χ1n) is 11.1. The summed E-state index contributed by atoms with van der Waals surface area (Å²) in [4.78, 5) is 20.3. The Hall–Kier alpha value is -3.89. The second-order valence-electron chi connectivity index (χ2n) is 8.33. The second-order valence-corrected chi connectivity index (χ2v) is 8.76. The molecule has 168 valence electrons. The summed E-state index contributed by atoms with van der Waals surface area (Å²) >= 11 is 6.35. The maximum atomic E-state index is 13.6. The molecule has 5 heteroatoms. The van der Waals surface area contributed by atoms with Crippen LogP contribution >= 0.6 is 11.6 Å². The van der Waals surface area contributed by atoms with Gasteiger partial charge in [0.15, 0.2) is 0 Å². The van der Waals surface area contributed by atoms with Gasteiger partial charge in [-0.3, -0.25) is 9.79 Å². The molecule has 34 heavy (non-hydrogen) atoms. The van der Waals surface area contributed by atoms with Gasteiger partial charge in [0.2, 0.25) is 0 Å². The predicted molar refractivity (Wildman–Crippen MR) is 138 cm³/mol. The summed E-state index contributed by atoms with van der Waals surface area (Å²) in [6.45, 7) is 0. The fourth-order valence-corrected chi connectivity index (χ4v) is 4.57. The molecule has 0 fully saturated rings. The molecule has 4 aromatic carbocycles. The average molecular weight is 467 g/mol. The average Bonchev–Trinajstić information content (AvgIpc) is 2.96. The number of rotatable bonds is 4. The van der Waals surface area contributed by atoms with Gasteiger partial charge in [-0.05, 0) is 59.2 Å². The van der Waals surface area contributed by atoms with Crippen molar-refractivity contribution in [3.05, 3.63) is 119 Å². The molecule has 1 N–H and O–H groups in total. The number of amides is 1. The number of carbonyl (C=O) groups is 1. The van der Waals surface area contributed by atoms with Gasteiger partial charge in [-0.25, -0.2) is 0 Å². The molecular weight excluding hydrogens is 444 g/mol. The Kier molecular flexibility index (Phi) is 5.91. The molecule has 0 aromatic heterocycles. The predicted octanol–water partition coefficient (Wildman–Crippen LogP) is 6.14. The molecule has 1 aliphatic rings. The number of fused-ring (bicyclic) bond motifs is 1. The normalized spacial score (nSPS) is 15.5. The standard InChI is InChI=1S/C29H23ClN2O2/c1-32-27-16-13-22(30)18-25(27)28(20-11-14-23(33)15-12-20)31-26(29(32)34)17-21-9-5-6-10-24(21)19-7-3-2-4-8-19/h2-16,18,26,33H,17H2,1H3. The number of carbonyl (C=O) groups excluding carboxylic acids is 1. The minimum Gasteiger partial charge on any atom is -0.508 e. The van der Waals surface area contributed by atoms with Crippen molar-refractivity contribution in [2.75, 3.05) is 11.9 Å². The monoisotopic (exact) mass is 466 g/mol. The largest absolute Gasteiger partial charge is 0.508 e. The van der Waals surface area contributed by atoms with E-state index in [1.54, 1.807) is 30.1 Å². The van der Waals surface area contributed by atoms with Crippen LogP contribution in [0.1, 0.15) is 16.7 Å². The van der Waals surface area contributed by atoms with Gasteiger partial charge in [0.25, 0.3) is 5.91 Å². The van der Waals surface area contributed by atoms with Crippen molar-refractivity contribution in [3.63, 3.8) is 0 Å². The van der Waals surface area contributed by atoms with Gasteiger partial charge >= 0.3 is 0 Å². The summed E-state index contributed by atoms with van der Waals surface area (Å²) in [6.07, 6.45) is 0.456. The third kappa shape index (κ3) is 4.20. The van der Waals surface area contributed by atoms with Crippen LogP contribution in [-0.2, 0) is 11.2 Å². The number of halogens is 1. The van der Waals surface area contributed by atoms with Crippen LogP contribution in [0.5, 0.6) is 5.75 Å². The number of aliphatic imine (C=N–C) groups is 1. The molecular formula is C29H23ClN2O2. The number of aromatic hydroxyl groups is 1. The summed E-state index contributed by atoms with van der Waals surface area (Å²) in [5, 5.41) is 10.4. The molecule has 1 aliphatic heterocycles. The first-order chi connectivity index (χ1) is 16.5. The highest BCUT2D eigenvalue weighted by Gasteiger charge is 2.30. The van der Waals surface area contributed by atoms with Crippen molar-refractivity contribution < 1.29 is 9.90 Å². The molecule has 5 rings (SSSR count). The maximum Gasteiger partial charge on any atom is 0.251 e. The van der Waals surface area contributed by atoms with E-state index in [1.807, 2.05) is 54.6 Å². The van der Waals surface area contributed by atoms with E-state index in [1.165, 1.54) is 0 Å². The Morgan fingerprint density at radius 1 is 0.853 bits per heavy atom. The van der Waals surface area contributed by atoms with E-state index in [-0.39, 0.29) is 11.7 Å². The summed E-state index contributed by atoms with van der Waals surface area (Å²) in [6, 6.07) is 30.0. The number of benzodiazepines with no additional fused rings is 1. The zero-order valence-corrected chi connectivity index (χ0v) is 19.4. The maximum absolute atomic E-state index is 13.6. The lowest BCUT2D eigenvalue weighted by Gasteiger charge is -2.21. The van der Waals surface area contributed by atoms with Gasteiger partial charge in [-0.1, -0.05) is 66.2 Å². The SMILES string of the molecule is CN1C(=O)C(Cc2ccccc2-c2ccccc2)N=C(c2ccc(O)cc2)c2cc(Cl)ccc21. The molecule has 0 saturated heterocycles. The number of hydrogen-bond acceptors (Lipinski definition) is 3. The van der Waals surface area contributed by atoms with Crippen LogP contribution < -0.4 is 4.90 Å². The quantitative estimate of drug-likeness (QED) is 0.393. The van der Waals surface area contributed by atoms with Gasteiger partial charge in [0, 0.05) is 29.6 Å². The first-order valence-corrected chi connectivity index (χ1v) is 11.5. The van der Waals surface area contributed by atoms with Crippen molar-refractivity contribution >= 4 is 28.9 Å². The number of nitrogens with zero attached hydrogens (tertiary/aromatic N) is 2. The zero-order valence-electron chi connectivity index (χ0n) is 18.6. The smallest absolute Gasteiger partial charge is 0.251 e. The van der Waals surface area contributed by atoms with E-state index < -0.39 is 6.04 Å². The van der Waals surface area contributed by atoms with E-state index >= 15 is 0 Å². The van der Waals surface area contributed by atoms with Crippen molar-refractivity contribution in [2.45, 2.75) is 12.5 Å². The summed E-state index contributed by atoms with van der Waals surface area (Å²) in [5.74, 6) is 0.0889. The van der Waals surface area contributed by atoms with E-state index in [9.17, 15) is 9.90 Å². The summed E-state index contributed by atoms with van der Waals surface area (Å²) < 4.78 is 0. The number of anilines is 1. The lowest BCUT2D eigenvalue weighted by Crippen LogP contribution is -2.36. The number of benzene rings is 4. The van der Waals surface area contributed by atoms with Gasteiger partial charge in [-0.15, -0.1) is 0 Å². The Morgan fingerprint density at radius 2 is 1.56 bits per heavy atom. The third-order valence-electron chi connectivity index (χ3n) is 6.13. The molecule has 1 atom stereocenters. The number of phenolic OH excluding ortho intramolecular Hbond substituents is 1. The molecule has 0 saturated carbocycles. The van der Waals surface area contributed by atoms with Crippen LogP contribution in [-0.4, -0.2) is 29.8 Å². The van der Waals surface area contributed by atoms with Crippen LogP contribution in [0, 0.1) is 0 Å². The van der Waals surface area contributed by atoms with E-state index in [0.29, 0.717) is 17.2 Å². The minimum atomic E-state index is -0.621. The summed E-state index contributed by atoms with van der Waals surface area (Å²) in [5.41, 5.74) is 6.27. The third-order valence-corrected chi connectivity index (χ3v) is 6.37. The topological polar surface area (TPSA) is 52.9 Å². The molecule has 1 amide bonds. The van der Waals surface area contributed by atoms with E-state index in [2.05, 4.69) is 24.3 Å².